The lowest BCUT2D eigenvalue weighted by atomic mass is 10.0. The Morgan fingerprint density at radius 2 is 0.732 bits per heavy atom. The molecule has 1 aliphatic rings. The van der Waals surface area contributed by atoms with Crippen molar-refractivity contribution < 1.29 is 146 Å². The molecule has 54 heteroatoms. The number of hydrogen-bond acceptors (Lipinski definition) is 30. The molecule has 810 valence electrons. The van der Waals surface area contributed by atoms with Crippen LogP contribution in [0.5, 0.6) is 0 Å². The minimum Gasteiger partial charge on any atom is -0.481 e. The Kier molecular flexibility index (Phi) is 48.2. The Morgan fingerprint density at radius 3 is 1.16 bits per heavy atom. The number of aliphatic carboxylic acids is 3. The molecule has 0 spiro atoms. The van der Waals surface area contributed by atoms with Crippen LogP contribution >= 0.6 is 25.3 Å². The highest BCUT2D eigenvalue weighted by Gasteiger charge is 2.44. The van der Waals surface area contributed by atoms with Gasteiger partial charge in [0.25, 0.3) is 0 Å². The maximum absolute atomic E-state index is 14.8. The standard InChI is InChI=1S/C95H128N22O30S2/c1-46(2)31-61(108-88(139)68(44-148)112-85(136)63(35-53-38-99-58-24-15-13-22-55(53)58)104-73(125)40-100-91(142)77(47(3)120)114-80(131)56(96)34-52-37-98-57-23-14-12-21-54(52)57)83(134)109-64(36-71(97)123)94(145)117-30-16-25-70(117)90(141)107-60(27-29-76(129)130)81(132)106-59(26-28-75(127)128)82(133)111-67(43-119)87(138)115-78(48(4)121)92(143)101-39-72(124)103-62(32-50-17-8-6-9-18-50)84(135)113-69(45-149)89(140)116-79(49(5)122)93(144)102-41-74(126)105-66(42-118)86(137)110-65(95(146)147)33-51-19-10-7-11-20-51/h6-15,17-24,37-38,46-49,56,59-70,77-79,98-99,118-122,148-149H,16,25-36,39-45,96H2,1-5H3,(H2,97,123)(H,100,142)(H,101,143)(H,102,144)(H,103,124)(H,104,125)(H,105,126)(H,106,132)(H,107,141)(H,108,139)(H,109,134)(H,110,137)(H,111,133)(H,112,136)(H,113,135)(H,114,131)(H,115,138)(H,116,140)(H,127,128)(H,129,130)(H,146,147)/t47-,48-,49-,56+,59+,60+,61+,62+,63+,64+,65+,66+,67+,68+,69+,70+,77+,78+,79+/m1/s1. The zero-order chi connectivity index (χ0) is 110. The Labute approximate surface area is 863 Å². The number of benzene rings is 4. The molecule has 0 aliphatic carbocycles. The Hall–Kier alpha value is -15.2. The first-order chi connectivity index (χ1) is 70.6. The monoisotopic (exact) mass is 2120 g/mol. The van der Waals surface area contributed by atoms with Gasteiger partial charge in [0.15, 0.2) is 0 Å². The Morgan fingerprint density at radius 1 is 0.389 bits per heavy atom. The zero-order valence-corrected chi connectivity index (χ0v) is 83.6. The number of primary amides is 1. The van der Waals surface area contributed by atoms with E-state index in [1.807, 2.05) is 18.2 Å². The van der Waals surface area contributed by atoms with Crippen molar-refractivity contribution in [2.45, 2.75) is 227 Å². The molecule has 1 saturated heterocycles. The summed E-state index contributed by atoms with van der Waals surface area (Å²) in [4.78, 5) is 307. The van der Waals surface area contributed by atoms with Gasteiger partial charge in [0.2, 0.25) is 112 Å². The van der Waals surface area contributed by atoms with Gasteiger partial charge in [-0.3, -0.25) is 101 Å². The van der Waals surface area contributed by atoms with E-state index in [1.165, 1.54) is 6.92 Å². The van der Waals surface area contributed by atoms with Gasteiger partial charge in [0.05, 0.1) is 63.6 Å². The van der Waals surface area contributed by atoms with Crippen LogP contribution in [0.15, 0.2) is 122 Å². The van der Waals surface area contributed by atoms with Gasteiger partial charge < -0.3 is 158 Å². The lowest BCUT2D eigenvalue weighted by molar-refractivity contribution is -0.144. The van der Waals surface area contributed by atoms with E-state index in [1.54, 1.807) is 117 Å². The number of carboxylic acids is 3. The number of nitrogens with one attached hydrogen (secondary N) is 19. The van der Waals surface area contributed by atoms with Crippen LogP contribution in [0.1, 0.15) is 108 Å². The summed E-state index contributed by atoms with van der Waals surface area (Å²) in [5.41, 5.74) is 15.5. The second kappa shape index (κ2) is 59.5. The van der Waals surface area contributed by atoms with Crippen molar-refractivity contribution in [3.63, 3.8) is 0 Å². The average Bonchev–Trinajstić information content (AvgIpc) is 1.73. The number of aliphatic hydroxyl groups excluding tert-OH is 5. The number of thiol groups is 2. The molecule has 7 rings (SSSR count). The van der Waals surface area contributed by atoms with E-state index >= 15 is 0 Å². The first-order valence-electron chi connectivity index (χ1n) is 47.4. The number of aromatic amines is 2. The molecule has 0 bridgehead atoms. The van der Waals surface area contributed by atoms with Gasteiger partial charge >= 0.3 is 17.9 Å². The Bertz CT molecular complexity index is 5740. The molecule has 0 radical (unpaired) electrons. The molecule has 31 N–H and O–H groups in total. The maximum Gasteiger partial charge on any atom is 0.326 e. The maximum atomic E-state index is 14.8. The highest BCUT2D eigenvalue weighted by Crippen LogP contribution is 2.24. The van der Waals surface area contributed by atoms with Crippen LogP contribution in [-0.4, -0.2) is 352 Å². The molecule has 3 heterocycles. The third-order valence-electron chi connectivity index (χ3n) is 23.5. The smallest absolute Gasteiger partial charge is 0.326 e. The van der Waals surface area contributed by atoms with Crippen LogP contribution in [0.4, 0.5) is 0 Å². The molecule has 19 amide bonds. The lowest BCUT2D eigenvalue weighted by Crippen LogP contribution is -2.62. The van der Waals surface area contributed by atoms with Crippen molar-refractivity contribution >= 4 is 177 Å². The minimum atomic E-state index is -2.13. The third-order valence-corrected chi connectivity index (χ3v) is 24.3. The van der Waals surface area contributed by atoms with Gasteiger partial charge in [-0.1, -0.05) is 111 Å². The first kappa shape index (κ1) is 121. The van der Waals surface area contributed by atoms with E-state index in [9.17, 15) is 146 Å². The number of nitrogens with zero attached hydrogens (tertiary/aromatic N) is 1. The SMILES string of the molecule is CC(C)C[C@H](NC(=O)[C@H](CS)NC(=O)[C@H](Cc1c[nH]c2ccccc12)NC(=O)CNC(=O)[C@@H](NC(=O)[C@@H](N)Cc1c[nH]c2ccccc12)[C@@H](C)O)C(=O)N[C@@H](CC(N)=O)C(=O)N1CCC[C@H]1C(=O)N[C@@H](CCC(=O)O)C(=O)N[C@@H](CCC(=O)O)C(=O)N[C@@H](CO)C(=O)N[C@H](C(=O)NCC(=O)N[C@@H](Cc1ccccc1)C(=O)N[C@@H](CS)C(=O)N[C@H](C(=O)NCC(=O)N[C@@H](CO)C(=O)N[C@@H](Cc1ccccc1)C(=O)O)[C@@H](C)O)[C@@H](C)O. The van der Waals surface area contributed by atoms with Crippen molar-refractivity contribution in [2.75, 3.05) is 50.9 Å². The van der Waals surface area contributed by atoms with Crippen molar-refractivity contribution in [1.29, 1.82) is 0 Å². The number of rotatable bonds is 61. The number of amides is 19. The normalized spacial score (nSPS) is 15.9. The molecule has 4 aromatic carbocycles. The van der Waals surface area contributed by atoms with Crippen LogP contribution in [0.25, 0.3) is 21.8 Å². The van der Waals surface area contributed by atoms with Gasteiger partial charge in [0.1, 0.15) is 90.6 Å². The van der Waals surface area contributed by atoms with Gasteiger partial charge in [0, 0.05) is 84.4 Å². The van der Waals surface area contributed by atoms with Crippen LogP contribution < -0.4 is 102 Å². The van der Waals surface area contributed by atoms with Gasteiger partial charge in [-0.25, -0.2) is 4.79 Å². The second-order valence-electron chi connectivity index (χ2n) is 35.7. The van der Waals surface area contributed by atoms with Crippen molar-refractivity contribution in [1.82, 2.24) is 105 Å². The quantitative estimate of drug-likeness (QED) is 0.0158. The number of fused-ring (bicyclic) bond motifs is 2. The van der Waals surface area contributed by atoms with Gasteiger partial charge in [-0.2, -0.15) is 25.3 Å². The number of para-hydroxylation sites is 2. The summed E-state index contributed by atoms with van der Waals surface area (Å²) in [6.07, 6.45) is -7.14. The fourth-order valence-electron chi connectivity index (χ4n) is 15.7. The predicted molar refractivity (Wildman–Crippen MR) is 535 cm³/mol. The molecule has 0 unspecified atom stereocenters. The molecule has 1 fully saturated rings. The van der Waals surface area contributed by atoms with E-state index < -0.39 is 328 Å². The third kappa shape index (κ3) is 38.2. The summed E-state index contributed by atoms with van der Waals surface area (Å²) in [6.45, 7) is 1.21. The molecule has 1 aliphatic heterocycles. The largest absolute Gasteiger partial charge is 0.481 e. The molecular formula is C95H128N22O30S2. The lowest BCUT2D eigenvalue weighted by Gasteiger charge is -2.31. The highest BCUT2D eigenvalue weighted by molar-refractivity contribution is 7.80. The first-order valence-corrected chi connectivity index (χ1v) is 48.6. The summed E-state index contributed by atoms with van der Waals surface area (Å²) >= 11 is 8.49. The summed E-state index contributed by atoms with van der Waals surface area (Å²) < 4.78 is 0. The summed E-state index contributed by atoms with van der Waals surface area (Å²) in [5.74, 6) is -27.5. The molecular weight excluding hydrogens is 1990 g/mol. The number of likely N-dealkylation sites (tertiary alicyclic amines) is 1. The Balaban J connectivity index is 0.956. The van der Waals surface area contributed by atoms with Gasteiger partial charge in [-0.05, 0) is 99.6 Å². The minimum absolute atomic E-state index is 0.0362. The molecule has 149 heavy (non-hydrogen) atoms. The van der Waals surface area contributed by atoms with E-state index in [2.05, 4.69) is 126 Å². The average molecular weight is 2120 g/mol. The number of aromatic nitrogens is 2. The molecule has 0 saturated carbocycles. The summed E-state index contributed by atoms with van der Waals surface area (Å²) in [6, 6.07) is 2.79. The molecule has 52 nitrogen and oxygen atoms in total. The number of aliphatic hydroxyl groups is 5. The van der Waals surface area contributed by atoms with E-state index in [-0.39, 0.29) is 51.5 Å². The van der Waals surface area contributed by atoms with E-state index in [0.29, 0.717) is 33.2 Å². The number of H-pyrrole nitrogens is 2. The number of carbonyl (C=O) groups excluding carboxylic acids is 19. The van der Waals surface area contributed by atoms with E-state index in [4.69, 9.17) is 11.5 Å². The van der Waals surface area contributed by atoms with Crippen LogP contribution in [0.2, 0.25) is 0 Å². The van der Waals surface area contributed by atoms with Crippen LogP contribution in [0, 0.1) is 5.92 Å². The van der Waals surface area contributed by atoms with Crippen molar-refractivity contribution in [3.8, 4) is 0 Å². The zero-order valence-electron chi connectivity index (χ0n) is 81.8. The van der Waals surface area contributed by atoms with Crippen molar-refractivity contribution in [3.05, 3.63) is 144 Å². The van der Waals surface area contributed by atoms with E-state index in [0.717, 1.165) is 29.7 Å². The van der Waals surface area contributed by atoms with Crippen LogP contribution in [0.3, 0.4) is 0 Å². The fourth-order valence-corrected chi connectivity index (χ4v) is 16.2. The van der Waals surface area contributed by atoms with Gasteiger partial charge in [-0.15, -0.1) is 0 Å². The topological polar surface area (TPSA) is 829 Å². The molecule has 2 aromatic heterocycles. The molecule has 6 aromatic rings. The number of carbonyl (C=O) groups is 22. The van der Waals surface area contributed by atoms with Crippen LogP contribution in [-0.2, 0) is 131 Å². The number of hydrogen-bond donors (Lipinski definition) is 31. The molecule has 19 atom stereocenters. The highest BCUT2D eigenvalue weighted by atomic mass is 32.1. The number of nitrogens with two attached hydrogens (primary N) is 2. The number of carboxylic acid groups (broad SMARTS) is 3. The fraction of sp³-hybridized carbons (Fsp3) is 0.474. The second-order valence-corrected chi connectivity index (χ2v) is 36.5. The summed E-state index contributed by atoms with van der Waals surface area (Å²) in [7, 11) is 0. The predicted octanol–water partition coefficient (Wildman–Crippen LogP) is -8.90. The summed E-state index contributed by atoms with van der Waals surface area (Å²) in [5, 5.41) is 122. The van der Waals surface area contributed by atoms with Crippen molar-refractivity contribution in [2.24, 2.45) is 17.4 Å².